The molecular formula is C51H69BrClI2N9O6S13. The van der Waals surface area contributed by atoms with E-state index in [4.69, 9.17) is 38.3 Å². The van der Waals surface area contributed by atoms with E-state index >= 15 is 0 Å². The van der Waals surface area contributed by atoms with Crippen LogP contribution in [0.25, 0.3) is 0 Å². The van der Waals surface area contributed by atoms with Crippen LogP contribution in [-0.2, 0) is 149 Å². The molecule has 8 aliphatic rings. The molecule has 3 aromatic heterocycles. The highest BCUT2D eigenvalue weighted by Gasteiger charge is 2.53. The minimum Gasteiger partial charge on any atom is -0.465 e. The monoisotopic (exact) mass is 1690 g/mol. The van der Waals surface area contributed by atoms with Crippen molar-refractivity contribution in [2.24, 2.45) is 0 Å². The quantitative estimate of drug-likeness (QED) is 0.0593. The van der Waals surface area contributed by atoms with Gasteiger partial charge in [-0.05, 0) is 155 Å². The average molecular weight is 1690 g/mol. The molecule has 8 saturated heterocycles. The molecule has 11 heterocycles. The first-order valence-electron chi connectivity index (χ1n) is 26.6. The summed E-state index contributed by atoms with van der Waals surface area (Å²) < 4.78 is 21.2. The summed E-state index contributed by atoms with van der Waals surface area (Å²) in [6.07, 6.45) is 19.0. The summed E-state index contributed by atoms with van der Waals surface area (Å²) in [6, 6.07) is 16.6. The molecule has 8 aliphatic heterocycles. The number of carbonyl (C=O) groups is 2. The van der Waals surface area contributed by atoms with Crippen LogP contribution in [0, 0.1) is 19.6 Å². The van der Waals surface area contributed by atoms with Gasteiger partial charge in [0.25, 0.3) is 0 Å². The van der Waals surface area contributed by atoms with Gasteiger partial charge in [0, 0.05) is 217 Å². The van der Waals surface area contributed by atoms with E-state index in [-0.39, 0.29) is 36.7 Å². The van der Waals surface area contributed by atoms with Gasteiger partial charge in [0.05, 0.1) is 62.6 Å². The van der Waals surface area contributed by atoms with Crippen molar-refractivity contribution >= 4 is 223 Å². The number of rotatable bonds is 9. The third-order valence-electron chi connectivity index (χ3n) is 15.0. The van der Waals surface area contributed by atoms with Crippen molar-refractivity contribution < 1.29 is 28.5 Å². The summed E-state index contributed by atoms with van der Waals surface area (Å²) in [4.78, 5) is 48.7. The molecule has 1 N–H and O–H groups in total. The van der Waals surface area contributed by atoms with E-state index in [1.54, 1.807) is 100.0 Å². The van der Waals surface area contributed by atoms with Gasteiger partial charge in [-0.1, -0.05) is 21.9 Å². The first-order chi connectivity index (χ1) is 39.5. The molecule has 0 saturated carbocycles. The fourth-order valence-corrected chi connectivity index (χ4v) is 37.1. The Morgan fingerprint density at radius 3 is 1.43 bits per heavy atom. The van der Waals surface area contributed by atoms with E-state index in [9.17, 15) is 9.59 Å². The molecule has 8 fully saturated rings. The molecule has 6 atom stereocenters. The highest BCUT2D eigenvalue weighted by Crippen LogP contribution is 2.42. The summed E-state index contributed by atoms with van der Waals surface area (Å²) in [7, 11) is 18.1. The van der Waals surface area contributed by atoms with Crippen LogP contribution in [-0.4, -0.2) is 167 Å². The number of halogens is 4. The summed E-state index contributed by atoms with van der Waals surface area (Å²) in [5.74, 6) is 3.56. The van der Waals surface area contributed by atoms with Crippen LogP contribution in [0.3, 0.4) is 0 Å². The zero-order valence-electron chi connectivity index (χ0n) is 46.3. The van der Waals surface area contributed by atoms with E-state index in [1.165, 1.54) is 72.5 Å². The largest absolute Gasteiger partial charge is 0.465 e. The van der Waals surface area contributed by atoms with Crippen molar-refractivity contribution in [2.45, 2.75) is 125 Å². The standard InChI is InChI=1S/C17H21N3O.C15H20IN3O.C11H14IN3.C8H13BrO4.ClH.S13/c1-3-13-4-7-16(18-8-13)19-9-14-5-6-15(10-19)20(14)17(2)11-21-12-17;1-15(9-20-10-15)19-12-3-4-13(19)8-18(7-12)14-5-2-11(16)6-17-14;12-11-4-3-10(5-13-11)15-6-8-1-2-9(7-15)14-8;1-4-12-6(10)8(3,9)7(11)13-5-2;;1-3-5-7-9-11-13-12-10-8-6-4-2/h1,4,7-8,14-15H,5-6,9-12H2,2H3;2,5-6,12-13H,3-4,7-10H2,1H3;3-5,8-9,14H,1-2,6-7H2;4-5H2,1-3H3;1H;. The molecule has 0 amide bonds. The Hall–Kier alpha value is 0.240. The highest BCUT2D eigenvalue weighted by atomic mass is 127. The maximum absolute atomic E-state index is 11.2. The van der Waals surface area contributed by atoms with E-state index in [0.29, 0.717) is 36.3 Å². The second kappa shape index (κ2) is 36.3. The summed E-state index contributed by atoms with van der Waals surface area (Å²) >= 11 is 16.9. The van der Waals surface area contributed by atoms with Gasteiger partial charge in [0.1, 0.15) is 15.3 Å². The lowest BCUT2D eigenvalue weighted by atomic mass is 9.94. The van der Waals surface area contributed by atoms with Crippen LogP contribution in [0.1, 0.15) is 78.7 Å². The first-order valence-corrected chi connectivity index (χ1v) is 45.5. The smallest absolute Gasteiger partial charge is 0.334 e. The molecule has 6 unspecified atom stereocenters. The molecule has 11 rings (SSSR count). The second-order valence-electron chi connectivity index (χ2n) is 20.8. The predicted molar refractivity (Wildman–Crippen MR) is 392 cm³/mol. The minimum atomic E-state index is -1.39. The molecule has 0 aromatic carbocycles. The number of piperazine rings is 3. The number of terminal acetylenes is 1. The third kappa shape index (κ3) is 20.9. The SMILES string of the molecule is C#Cc1ccc(N2CC3CCC(C2)N3C2(C)COC2)nc1.CC1(N2C3CCC2CN(c2ccc(I)cn2)C3)COC1.CCOC(=O)C(C)(Br)C(=O)OCC.Cl.Ic1ccc(N2CC3CCC(C2)N3)cn1.S=S=S=S=S=S=S=S=S=S=S=S=S. The number of nitrogens with zero attached hydrogens (tertiary/aromatic N) is 8. The number of hydrogen-bond donors (Lipinski definition) is 1. The molecule has 6 bridgehead atoms. The maximum atomic E-state index is 11.2. The van der Waals surface area contributed by atoms with E-state index < -0.39 is 16.3 Å². The molecule has 15 nitrogen and oxygen atoms in total. The number of esters is 2. The fraction of sp³-hybridized carbons (Fsp3) is 0.627. The molecule has 3 aromatic rings. The minimum absolute atomic E-state index is 0. The zero-order chi connectivity index (χ0) is 58.7. The Morgan fingerprint density at radius 1 is 0.663 bits per heavy atom. The van der Waals surface area contributed by atoms with Crippen molar-refractivity contribution in [1.82, 2.24) is 30.1 Å². The Labute approximate surface area is 572 Å². The first kappa shape index (κ1) is 72.3. The van der Waals surface area contributed by atoms with Gasteiger partial charge in [-0.15, -0.1) is 18.8 Å². The van der Waals surface area contributed by atoms with Gasteiger partial charge < -0.3 is 39.0 Å². The lowest BCUT2D eigenvalue weighted by molar-refractivity contribution is -0.157. The Bertz CT molecular complexity index is 3110. The number of fused-ring (bicyclic) bond motifs is 6. The number of anilines is 3. The van der Waals surface area contributed by atoms with Crippen LogP contribution < -0.4 is 20.0 Å². The van der Waals surface area contributed by atoms with Crippen LogP contribution in [0.15, 0.2) is 55.0 Å². The Balaban J connectivity index is 0.000000169. The number of hydrogen-bond acceptors (Lipinski definition) is 17. The van der Waals surface area contributed by atoms with Crippen molar-refractivity contribution in [1.29, 1.82) is 0 Å². The van der Waals surface area contributed by atoms with Crippen LogP contribution in [0.2, 0.25) is 0 Å². The van der Waals surface area contributed by atoms with Gasteiger partial charge in [-0.3, -0.25) is 9.80 Å². The number of alkyl halides is 1. The van der Waals surface area contributed by atoms with Gasteiger partial charge >= 0.3 is 11.9 Å². The Kier molecular flexibility index (Phi) is 31.6. The number of ether oxygens (including phenoxy) is 4. The van der Waals surface area contributed by atoms with Crippen LogP contribution >= 0.6 is 73.5 Å². The van der Waals surface area contributed by atoms with Crippen molar-refractivity contribution in [3.05, 3.63) is 67.8 Å². The summed E-state index contributed by atoms with van der Waals surface area (Å²) in [6.45, 7) is 20.1. The number of carbonyl (C=O) groups excluding carboxylic acids is 2. The lowest BCUT2D eigenvalue weighted by Crippen LogP contribution is -2.68. The molecular weight excluding hydrogens is 1620 g/mol. The van der Waals surface area contributed by atoms with Crippen molar-refractivity contribution in [3.63, 3.8) is 0 Å². The topological polar surface area (TPSA) is 138 Å². The fourth-order valence-electron chi connectivity index (χ4n) is 11.5. The average Bonchev–Trinajstić information content (AvgIpc) is 2.36. The second-order valence-corrected chi connectivity index (χ2v) is 44.2. The van der Waals surface area contributed by atoms with Crippen molar-refractivity contribution in [2.75, 3.05) is 93.6 Å². The molecule has 0 aliphatic carbocycles. The normalized spacial score (nSPS) is 23.7. The highest BCUT2D eigenvalue weighted by molar-refractivity contribution is 14.1. The van der Waals surface area contributed by atoms with E-state index in [2.05, 4.69) is 165 Å². The molecule has 460 valence electrons. The number of pyridine rings is 3. The lowest BCUT2D eigenvalue weighted by Gasteiger charge is -2.54. The molecule has 0 radical (unpaired) electrons. The summed E-state index contributed by atoms with van der Waals surface area (Å²) in [5, 5.41) is 3.64. The number of nitrogens with one attached hydrogen (secondary N) is 1. The maximum Gasteiger partial charge on any atom is 0.334 e. The molecule has 32 heteroatoms. The van der Waals surface area contributed by atoms with Gasteiger partial charge in [0.2, 0.25) is 4.32 Å². The third-order valence-corrected chi connectivity index (χ3v) is 39.2. The zero-order valence-corrected chi connectivity index (χ0v) is 63.7. The van der Waals surface area contributed by atoms with E-state index in [0.717, 1.165) is 86.6 Å². The molecule has 83 heavy (non-hydrogen) atoms. The van der Waals surface area contributed by atoms with Gasteiger partial charge in [-0.2, -0.15) is 0 Å². The van der Waals surface area contributed by atoms with Crippen LogP contribution in [0.4, 0.5) is 17.3 Å². The van der Waals surface area contributed by atoms with Gasteiger partial charge in [0.15, 0.2) is 0 Å². The Morgan fingerprint density at radius 2 is 1.10 bits per heavy atom. The van der Waals surface area contributed by atoms with E-state index in [1.807, 2.05) is 18.5 Å². The molecule has 0 spiro atoms. The predicted octanol–water partition coefficient (Wildman–Crippen LogP) is 6.92. The van der Waals surface area contributed by atoms with Crippen LogP contribution in [0.5, 0.6) is 0 Å². The van der Waals surface area contributed by atoms with Gasteiger partial charge in [-0.25, -0.2) is 24.5 Å². The number of aromatic nitrogens is 3. The van der Waals surface area contributed by atoms with Crippen molar-refractivity contribution in [3.8, 4) is 12.3 Å². The summed E-state index contributed by atoms with van der Waals surface area (Å²) in [5.41, 5.74) is 2.67.